The lowest BCUT2D eigenvalue weighted by molar-refractivity contribution is -0.127. The largest absolute Gasteiger partial charge is 0.347 e. The van der Waals surface area contributed by atoms with Gasteiger partial charge in [0.2, 0.25) is 5.91 Å². The van der Waals surface area contributed by atoms with E-state index in [1.54, 1.807) is 6.07 Å². The highest BCUT2D eigenvalue weighted by molar-refractivity contribution is 7.13. The van der Waals surface area contributed by atoms with Crippen LogP contribution < -0.4 is 16.2 Å². The summed E-state index contributed by atoms with van der Waals surface area (Å²) < 4.78 is 0. The number of hydrogen-bond donors (Lipinski definition) is 3. The molecule has 7 nitrogen and oxygen atoms in total. The van der Waals surface area contributed by atoms with Crippen LogP contribution in [0.3, 0.4) is 0 Å². The van der Waals surface area contributed by atoms with Gasteiger partial charge in [-0.2, -0.15) is 0 Å². The zero-order valence-electron chi connectivity index (χ0n) is 15.8. The van der Waals surface area contributed by atoms with Gasteiger partial charge in [-0.25, -0.2) is 4.98 Å². The maximum absolute atomic E-state index is 12.7. The van der Waals surface area contributed by atoms with E-state index in [0.717, 1.165) is 11.3 Å². The van der Waals surface area contributed by atoms with Crippen LogP contribution in [0, 0.1) is 11.8 Å². The average Bonchev–Trinajstić information content (AvgIpc) is 3.23. The van der Waals surface area contributed by atoms with Gasteiger partial charge in [-0.1, -0.05) is 31.2 Å². The first-order valence-corrected chi connectivity index (χ1v) is 10.2. The Hall–Kier alpha value is -3.26. The molecule has 4 rings (SSSR count). The zero-order chi connectivity index (χ0) is 20.4. The number of aromatic nitrogens is 1. The van der Waals surface area contributed by atoms with Crippen LogP contribution in [-0.2, 0) is 9.59 Å². The van der Waals surface area contributed by atoms with Crippen molar-refractivity contribution in [1.82, 2.24) is 21.2 Å². The van der Waals surface area contributed by atoms with Gasteiger partial charge in [0, 0.05) is 11.3 Å². The van der Waals surface area contributed by atoms with Crippen molar-refractivity contribution >= 4 is 40.0 Å². The van der Waals surface area contributed by atoms with Gasteiger partial charge in [0.15, 0.2) is 0 Å². The topological polar surface area (TPSA) is 100 Å². The summed E-state index contributed by atoms with van der Waals surface area (Å²) in [4.78, 5) is 42.1. The predicted molar refractivity (Wildman–Crippen MR) is 111 cm³/mol. The average molecular weight is 408 g/mol. The number of rotatable bonds is 5. The normalized spacial score (nSPS) is 17.6. The highest BCUT2D eigenvalue weighted by Crippen LogP contribution is 2.37. The summed E-state index contributed by atoms with van der Waals surface area (Å²) >= 11 is 1.54. The van der Waals surface area contributed by atoms with Crippen molar-refractivity contribution in [2.75, 3.05) is 6.54 Å². The van der Waals surface area contributed by atoms with Gasteiger partial charge in [-0.15, -0.1) is 11.3 Å². The van der Waals surface area contributed by atoms with E-state index < -0.39 is 11.8 Å². The molecule has 3 amide bonds. The van der Waals surface area contributed by atoms with Crippen LogP contribution >= 0.6 is 11.3 Å². The van der Waals surface area contributed by atoms with Crippen LogP contribution in [0.5, 0.6) is 0 Å². The zero-order valence-corrected chi connectivity index (χ0v) is 16.6. The van der Waals surface area contributed by atoms with E-state index in [4.69, 9.17) is 0 Å². The summed E-state index contributed by atoms with van der Waals surface area (Å²) in [7, 11) is 0. The fourth-order valence-corrected chi connectivity index (χ4v) is 3.82. The molecule has 0 radical (unpaired) electrons. The molecule has 2 heterocycles. The van der Waals surface area contributed by atoms with E-state index in [-0.39, 0.29) is 18.4 Å². The number of benzene rings is 1. The molecule has 0 spiro atoms. The number of hydrogen-bond acceptors (Lipinski definition) is 5. The van der Waals surface area contributed by atoms with Gasteiger partial charge >= 0.3 is 0 Å². The van der Waals surface area contributed by atoms with Crippen molar-refractivity contribution in [3.63, 3.8) is 0 Å². The monoisotopic (exact) mass is 408 g/mol. The second-order valence-corrected chi connectivity index (χ2v) is 8.04. The van der Waals surface area contributed by atoms with Crippen LogP contribution in [-0.4, -0.2) is 29.3 Å². The third-order valence-corrected chi connectivity index (χ3v) is 5.81. The molecule has 0 aliphatic heterocycles. The number of carbonyl (C=O) groups is 3. The summed E-state index contributed by atoms with van der Waals surface area (Å²) in [5.41, 5.74) is 6.58. The Morgan fingerprint density at radius 3 is 2.66 bits per heavy atom. The summed E-state index contributed by atoms with van der Waals surface area (Å²) in [6.45, 7) is 1.81. The van der Waals surface area contributed by atoms with Crippen molar-refractivity contribution < 1.29 is 14.4 Å². The number of nitrogens with zero attached hydrogens (tertiary/aromatic N) is 1. The van der Waals surface area contributed by atoms with E-state index in [1.807, 2.05) is 48.7 Å². The molecule has 29 heavy (non-hydrogen) atoms. The Bertz CT molecular complexity index is 1080. The number of fused-ring (bicyclic) bond motifs is 1. The minimum atomic E-state index is -0.489. The van der Waals surface area contributed by atoms with Gasteiger partial charge in [-0.3, -0.25) is 25.2 Å². The minimum absolute atomic E-state index is 0.00348. The van der Waals surface area contributed by atoms with E-state index in [9.17, 15) is 14.4 Å². The summed E-state index contributed by atoms with van der Waals surface area (Å²) in [6.07, 6.45) is 0.853. The highest BCUT2D eigenvalue weighted by Gasteiger charge is 2.38. The second kappa shape index (κ2) is 8.00. The molecule has 3 aromatic rings. The van der Waals surface area contributed by atoms with Crippen LogP contribution in [0.25, 0.3) is 21.5 Å². The summed E-state index contributed by atoms with van der Waals surface area (Å²) in [5.74, 6) is -0.694. The molecule has 2 atom stereocenters. The van der Waals surface area contributed by atoms with Gasteiger partial charge in [0.1, 0.15) is 0 Å². The number of hydrazine groups is 1. The third kappa shape index (κ3) is 4.27. The van der Waals surface area contributed by atoms with Crippen LogP contribution in [0.15, 0.2) is 47.8 Å². The quantitative estimate of drug-likeness (QED) is 0.565. The fourth-order valence-electron chi connectivity index (χ4n) is 3.14. The van der Waals surface area contributed by atoms with Gasteiger partial charge < -0.3 is 5.32 Å². The Kier molecular flexibility index (Phi) is 5.26. The van der Waals surface area contributed by atoms with E-state index in [2.05, 4.69) is 21.2 Å². The van der Waals surface area contributed by atoms with Crippen molar-refractivity contribution in [2.24, 2.45) is 11.8 Å². The van der Waals surface area contributed by atoms with Crippen molar-refractivity contribution in [2.45, 2.75) is 13.3 Å². The molecule has 1 aliphatic rings. The Balaban J connectivity index is 1.45. The summed E-state index contributed by atoms with van der Waals surface area (Å²) in [6, 6.07) is 12.9. The van der Waals surface area contributed by atoms with Gasteiger partial charge in [0.05, 0.1) is 28.2 Å². The maximum atomic E-state index is 12.7. The molecule has 1 aromatic carbocycles. The molecule has 0 unspecified atom stereocenters. The van der Waals surface area contributed by atoms with Crippen LogP contribution in [0.2, 0.25) is 0 Å². The van der Waals surface area contributed by atoms with Gasteiger partial charge in [0.25, 0.3) is 11.8 Å². The first-order chi connectivity index (χ1) is 14.0. The van der Waals surface area contributed by atoms with Crippen LogP contribution in [0.1, 0.15) is 23.7 Å². The molecule has 148 valence electrons. The molecule has 1 fully saturated rings. The number of carbonyl (C=O) groups excluding carboxylic acids is 3. The van der Waals surface area contributed by atoms with Crippen molar-refractivity contribution in [1.29, 1.82) is 0 Å². The lowest BCUT2D eigenvalue weighted by Crippen LogP contribution is -2.46. The second-order valence-electron chi connectivity index (χ2n) is 7.09. The molecular weight excluding hydrogens is 388 g/mol. The minimum Gasteiger partial charge on any atom is -0.347 e. The molecule has 1 aliphatic carbocycles. The Labute approximate surface area is 171 Å². The number of pyridine rings is 1. The van der Waals surface area contributed by atoms with Crippen LogP contribution in [0.4, 0.5) is 0 Å². The molecule has 1 saturated carbocycles. The van der Waals surface area contributed by atoms with E-state index in [0.29, 0.717) is 28.1 Å². The lowest BCUT2D eigenvalue weighted by atomic mass is 10.1. The standard InChI is InChI=1S/C21H20N4O3S/c1-12-9-14(12)20(27)22-11-19(26)24-25-21(28)15-10-17(18-7-4-8-29-18)23-16-6-3-2-5-13(15)16/h2-8,10,12,14H,9,11H2,1H3,(H,22,27)(H,24,26)(H,25,28)/t12-,14-/m1/s1. The number of amides is 3. The number of nitrogens with one attached hydrogen (secondary N) is 3. The molecular formula is C21H20N4O3S. The molecule has 0 bridgehead atoms. The predicted octanol–water partition coefficient (Wildman–Crippen LogP) is 2.50. The van der Waals surface area contributed by atoms with E-state index >= 15 is 0 Å². The summed E-state index contributed by atoms with van der Waals surface area (Å²) in [5, 5.41) is 5.22. The molecule has 3 N–H and O–H groups in total. The molecule has 8 heteroatoms. The Morgan fingerprint density at radius 1 is 1.14 bits per heavy atom. The Morgan fingerprint density at radius 2 is 1.93 bits per heavy atom. The molecule has 2 aromatic heterocycles. The number of thiophene rings is 1. The first kappa shape index (κ1) is 19.1. The lowest BCUT2D eigenvalue weighted by Gasteiger charge is -2.11. The van der Waals surface area contributed by atoms with E-state index in [1.165, 1.54) is 11.3 Å². The fraction of sp³-hybridized carbons (Fsp3) is 0.238. The smallest absolute Gasteiger partial charge is 0.270 e. The van der Waals surface area contributed by atoms with Gasteiger partial charge in [-0.05, 0) is 35.9 Å². The SMILES string of the molecule is C[C@@H]1C[C@H]1C(=O)NCC(=O)NNC(=O)c1cc(-c2cccs2)nc2ccccc12. The first-order valence-electron chi connectivity index (χ1n) is 9.33. The third-order valence-electron chi connectivity index (χ3n) is 4.92. The number of para-hydroxylation sites is 1. The van der Waals surface area contributed by atoms with Crippen molar-refractivity contribution in [3.05, 3.63) is 53.4 Å². The molecule has 0 saturated heterocycles. The van der Waals surface area contributed by atoms with Crippen molar-refractivity contribution in [3.8, 4) is 10.6 Å². The highest BCUT2D eigenvalue weighted by atomic mass is 32.1. The maximum Gasteiger partial charge on any atom is 0.270 e.